The second-order valence-electron chi connectivity index (χ2n) is 10.7. The molecule has 1 aliphatic heterocycles. The van der Waals surface area contributed by atoms with E-state index in [4.69, 9.17) is 28.4 Å². The lowest BCUT2D eigenvalue weighted by Crippen LogP contribution is -2.39. The van der Waals surface area contributed by atoms with Gasteiger partial charge in [0.2, 0.25) is 5.95 Å². The zero-order chi connectivity index (χ0) is 31.6. The third-order valence-electron chi connectivity index (χ3n) is 8.15. The molecule has 13 heteroatoms. The van der Waals surface area contributed by atoms with Crippen molar-refractivity contribution < 1.29 is 28.5 Å². The molecule has 0 saturated carbocycles. The van der Waals surface area contributed by atoms with Gasteiger partial charge < -0.3 is 33.8 Å². The van der Waals surface area contributed by atoms with E-state index in [9.17, 15) is 9.90 Å². The first-order valence-electron chi connectivity index (χ1n) is 14.4. The number of imidazole rings is 1. The normalized spacial score (nSPS) is 18.3. The number of anilines is 1. The van der Waals surface area contributed by atoms with Gasteiger partial charge >= 0.3 is 0 Å². The fourth-order valence-corrected chi connectivity index (χ4v) is 6.14. The Morgan fingerprint density at radius 2 is 1.44 bits per heavy atom. The first kappa shape index (κ1) is 30.3. The number of methoxy groups -OCH3 is 3. The van der Waals surface area contributed by atoms with Crippen molar-refractivity contribution in [1.29, 1.82) is 0 Å². The van der Waals surface area contributed by atoms with Crippen LogP contribution < -0.4 is 25.1 Å². The molecule has 45 heavy (non-hydrogen) atoms. The van der Waals surface area contributed by atoms with E-state index in [-0.39, 0.29) is 11.5 Å². The molecular weight excluding hydrogens is 594 g/mol. The number of nitrogens with zero attached hydrogens (tertiary/aromatic N) is 3. The second-order valence-corrected chi connectivity index (χ2v) is 11.3. The Morgan fingerprint density at radius 1 is 0.933 bits per heavy atom. The van der Waals surface area contributed by atoms with Crippen LogP contribution in [0.2, 0.25) is 0 Å². The van der Waals surface area contributed by atoms with E-state index < -0.39 is 29.5 Å². The van der Waals surface area contributed by atoms with E-state index >= 15 is 0 Å². The fraction of sp³-hybridized carbons (Fsp3) is 0.281. The molecule has 3 aromatic carbocycles. The van der Waals surface area contributed by atoms with Crippen LogP contribution >= 0.6 is 0 Å². The van der Waals surface area contributed by atoms with Gasteiger partial charge in [0, 0.05) is 6.42 Å². The third kappa shape index (κ3) is 5.66. The molecule has 5 aromatic rings. The number of aliphatic hydroxyl groups is 1. The Bertz CT molecular complexity index is 1690. The minimum absolute atomic E-state index is 0.158. The number of aromatic nitrogens is 4. The molecule has 1 fully saturated rings. The average Bonchev–Trinajstić information content (AvgIpc) is 3.67. The van der Waals surface area contributed by atoms with Gasteiger partial charge in [-0.1, -0.05) is 36.4 Å². The molecule has 0 radical (unpaired) electrons. The van der Waals surface area contributed by atoms with Crippen LogP contribution in [0.25, 0.3) is 11.2 Å². The van der Waals surface area contributed by atoms with Crippen LogP contribution in [0, 0.1) is 0 Å². The Labute approximate surface area is 262 Å². The molecule has 1 aliphatic rings. The van der Waals surface area contributed by atoms with Gasteiger partial charge in [0.1, 0.15) is 45.6 Å². The van der Waals surface area contributed by atoms with E-state index in [2.05, 4.69) is 15.3 Å². The monoisotopic (exact) mass is 629 g/mol. The van der Waals surface area contributed by atoms with E-state index in [0.29, 0.717) is 46.4 Å². The molecule has 234 valence electrons. The summed E-state index contributed by atoms with van der Waals surface area (Å²) in [6.45, 7) is 0.297. The summed E-state index contributed by atoms with van der Waals surface area (Å²) in [6, 6.07) is 23.1. The minimum atomic E-state index is -1.06. The Balaban J connectivity index is 1.53. The van der Waals surface area contributed by atoms with E-state index in [0.717, 1.165) is 16.7 Å². The van der Waals surface area contributed by atoms with Crippen LogP contribution in [0.4, 0.5) is 5.95 Å². The number of nitrogens with one attached hydrogen (secondary N) is 2. The number of benzene rings is 3. The van der Waals surface area contributed by atoms with Crippen LogP contribution in [-0.2, 0) is 14.7 Å². The quantitative estimate of drug-likeness (QED) is 0.147. The summed E-state index contributed by atoms with van der Waals surface area (Å²) in [4.78, 5) is 25.5. The molecular formula is C32H35N5O7Si. The molecule has 3 N–H and O–H groups in total. The van der Waals surface area contributed by atoms with Gasteiger partial charge in [-0.2, -0.15) is 4.98 Å². The lowest BCUT2D eigenvalue weighted by atomic mass is 9.77. The van der Waals surface area contributed by atoms with Crippen molar-refractivity contribution in [2.45, 2.75) is 30.4 Å². The van der Waals surface area contributed by atoms with Crippen molar-refractivity contribution in [2.75, 3.05) is 33.3 Å². The molecule has 0 amide bonds. The highest BCUT2D eigenvalue weighted by atomic mass is 28.2. The number of hydrogen-bond acceptors (Lipinski definition) is 10. The first-order chi connectivity index (χ1) is 21.9. The zero-order valence-corrected chi connectivity index (χ0v) is 27.4. The van der Waals surface area contributed by atoms with Crippen molar-refractivity contribution in [1.82, 2.24) is 19.5 Å². The molecule has 1 saturated heterocycles. The van der Waals surface area contributed by atoms with E-state index in [1.165, 1.54) is 6.33 Å². The SMILES string of the molecule is COc1ccc(C(Nc2nc3c(ncn3[C@H]3C[C@H](O)[C@@H](CO[SiH3])O3)c(=O)[nH]2)(c2ccc(OC)cc2)c2ccc(OC)cc2)cc1. The topological polar surface area (TPSA) is 142 Å². The van der Waals surface area contributed by atoms with Gasteiger partial charge in [0.05, 0.1) is 40.4 Å². The molecule has 0 spiro atoms. The van der Waals surface area contributed by atoms with Crippen molar-refractivity contribution in [2.24, 2.45) is 0 Å². The number of rotatable bonds is 11. The van der Waals surface area contributed by atoms with Crippen molar-refractivity contribution in [3.63, 3.8) is 0 Å². The van der Waals surface area contributed by atoms with Gasteiger partial charge in [-0.05, 0) is 53.1 Å². The summed E-state index contributed by atoms with van der Waals surface area (Å²) in [7, 11) is 5.39. The summed E-state index contributed by atoms with van der Waals surface area (Å²) < 4.78 is 29.5. The smallest absolute Gasteiger partial charge is 0.280 e. The van der Waals surface area contributed by atoms with Gasteiger partial charge in [-0.15, -0.1) is 0 Å². The number of aromatic amines is 1. The van der Waals surface area contributed by atoms with Gasteiger partial charge in [0.15, 0.2) is 11.2 Å². The predicted molar refractivity (Wildman–Crippen MR) is 171 cm³/mol. The Kier molecular flexibility index (Phi) is 8.58. The second kappa shape index (κ2) is 12.7. The molecule has 0 aliphatic carbocycles. The Morgan fingerprint density at radius 3 is 1.91 bits per heavy atom. The van der Waals surface area contributed by atoms with Crippen LogP contribution in [0.1, 0.15) is 29.3 Å². The third-order valence-corrected chi connectivity index (χ3v) is 8.49. The molecule has 12 nitrogen and oxygen atoms in total. The molecule has 3 heterocycles. The van der Waals surface area contributed by atoms with Crippen molar-refractivity contribution in [3.8, 4) is 17.2 Å². The average molecular weight is 630 g/mol. The van der Waals surface area contributed by atoms with Gasteiger partial charge in [-0.25, -0.2) is 4.98 Å². The maximum atomic E-state index is 13.4. The molecule has 0 unspecified atom stereocenters. The number of aliphatic hydroxyl groups excluding tert-OH is 1. The molecule has 0 bridgehead atoms. The highest BCUT2D eigenvalue weighted by Crippen LogP contribution is 2.41. The number of H-pyrrole nitrogens is 1. The lowest BCUT2D eigenvalue weighted by molar-refractivity contribution is -0.0370. The summed E-state index contributed by atoms with van der Waals surface area (Å²) in [5.41, 5.74) is 1.54. The maximum Gasteiger partial charge on any atom is 0.280 e. The van der Waals surface area contributed by atoms with E-state index in [1.54, 1.807) is 25.9 Å². The number of ether oxygens (including phenoxy) is 4. The lowest BCUT2D eigenvalue weighted by Gasteiger charge is -2.37. The summed E-state index contributed by atoms with van der Waals surface area (Å²) in [5.74, 6) is 2.29. The molecule has 3 atom stereocenters. The van der Waals surface area contributed by atoms with Crippen molar-refractivity contribution in [3.05, 3.63) is 106 Å². The fourth-order valence-electron chi connectivity index (χ4n) is 5.81. The van der Waals surface area contributed by atoms with E-state index in [1.807, 2.05) is 72.8 Å². The highest BCUT2D eigenvalue weighted by Gasteiger charge is 2.39. The van der Waals surface area contributed by atoms with Crippen LogP contribution in [-0.4, -0.2) is 75.3 Å². The van der Waals surface area contributed by atoms with Crippen molar-refractivity contribution >= 4 is 27.6 Å². The van der Waals surface area contributed by atoms with Crippen LogP contribution in [0.15, 0.2) is 83.9 Å². The number of fused-ring (bicyclic) bond motifs is 1. The van der Waals surface area contributed by atoms with Gasteiger partial charge in [0.25, 0.3) is 5.56 Å². The van der Waals surface area contributed by atoms with Crippen LogP contribution in [0.5, 0.6) is 17.2 Å². The first-order valence-corrected chi connectivity index (χ1v) is 15.2. The summed E-state index contributed by atoms with van der Waals surface area (Å²) in [6.07, 6.45) is 0.0720. The highest BCUT2D eigenvalue weighted by molar-refractivity contribution is 5.97. The summed E-state index contributed by atoms with van der Waals surface area (Å²) >= 11 is 0. The largest absolute Gasteiger partial charge is 0.497 e. The minimum Gasteiger partial charge on any atom is -0.497 e. The van der Waals surface area contributed by atoms with Gasteiger partial charge in [-0.3, -0.25) is 14.3 Å². The standard InChI is InChI=1S/C32H35N5O7Si/c1-40-22-10-4-19(5-11-22)32(20-6-12-23(41-2)13-7-20,21-8-14-24(42-3)15-9-21)36-31-34-29-28(30(39)35-31)33-18-37(29)27-16-25(38)26(44-27)17-43-45/h4-15,18,25-27,38H,16-17H2,1-3,45H3,(H2,34,35,36,39)/t25-,26+,27+/m0/s1. The molecule has 6 rings (SSSR count). The Hall–Kier alpha value is -4.69. The predicted octanol–water partition coefficient (Wildman–Crippen LogP) is 2.49. The molecule has 2 aromatic heterocycles. The van der Waals surface area contributed by atoms with Crippen LogP contribution in [0.3, 0.4) is 0 Å². The number of hydrogen-bond donors (Lipinski definition) is 3. The summed E-state index contributed by atoms with van der Waals surface area (Å²) in [5, 5.41) is 14.2. The maximum absolute atomic E-state index is 13.4. The zero-order valence-electron chi connectivity index (χ0n) is 25.4.